The number of carbonyl (C=O) groups is 2. The first-order chi connectivity index (χ1) is 9.65. The molecule has 0 spiro atoms. The van der Waals surface area contributed by atoms with Crippen molar-refractivity contribution in [2.45, 2.75) is 0 Å². The molecule has 1 aliphatic rings. The van der Waals surface area contributed by atoms with Gasteiger partial charge in [0.05, 0.1) is 6.54 Å². The lowest BCUT2D eigenvalue weighted by Gasteiger charge is -2.14. The molecule has 2 rings (SSSR count). The highest BCUT2D eigenvalue weighted by Gasteiger charge is 2.19. The molecule has 1 fully saturated rings. The summed E-state index contributed by atoms with van der Waals surface area (Å²) in [4.78, 5) is 24.3. The summed E-state index contributed by atoms with van der Waals surface area (Å²) in [6, 6.07) is 6.67. The van der Waals surface area contributed by atoms with Gasteiger partial charge in [0.15, 0.2) is 6.61 Å². The molecule has 7 nitrogen and oxygen atoms in total. The van der Waals surface area contributed by atoms with E-state index in [4.69, 9.17) is 15.2 Å². The van der Waals surface area contributed by atoms with Crippen molar-refractivity contribution in [3.8, 4) is 5.75 Å². The second kappa shape index (κ2) is 6.65. The van der Waals surface area contributed by atoms with Crippen molar-refractivity contribution in [3.05, 3.63) is 24.3 Å². The van der Waals surface area contributed by atoms with Gasteiger partial charge in [0.25, 0.3) is 0 Å². The second-order valence-corrected chi connectivity index (χ2v) is 4.30. The predicted molar refractivity (Wildman–Crippen MR) is 72.3 cm³/mol. The predicted octanol–water partition coefficient (Wildman–Crippen LogP) is 0.216. The van der Waals surface area contributed by atoms with E-state index in [2.05, 4.69) is 5.32 Å². The molecule has 108 valence electrons. The van der Waals surface area contributed by atoms with Crippen molar-refractivity contribution in [1.82, 2.24) is 10.2 Å². The Kier molecular flexibility index (Phi) is 4.65. The third kappa shape index (κ3) is 4.04. The lowest BCUT2D eigenvalue weighted by molar-refractivity contribution is -0.146. The zero-order chi connectivity index (χ0) is 14.4. The van der Waals surface area contributed by atoms with Crippen LogP contribution in [0, 0.1) is 0 Å². The first-order valence-electron chi connectivity index (χ1n) is 6.32. The SMILES string of the molecule is Nc1cccc(OCC(=O)OCCN2CCNC2=O)c1. The molecule has 2 amide bonds. The first kappa shape index (κ1) is 14.0. The molecule has 1 aliphatic heterocycles. The van der Waals surface area contributed by atoms with Crippen molar-refractivity contribution >= 4 is 17.7 Å². The lowest BCUT2D eigenvalue weighted by atomic mass is 10.3. The Morgan fingerprint density at radius 3 is 3.00 bits per heavy atom. The summed E-state index contributed by atoms with van der Waals surface area (Å²) in [7, 11) is 0. The van der Waals surface area contributed by atoms with Crippen LogP contribution in [0.5, 0.6) is 5.75 Å². The third-order valence-corrected chi connectivity index (χ3v) is 2.78. The van der Waals surface area contributed by atoms with Crippen LogP contribution in [0.3, 0.4) is 0 Å². The van der Waals surface area contributed by atoms with Crippen LogP contribution in [0.15, 0.2) is 24.3 Å². The number of esters is 1. The average molecular weight is 279 g/mol. The van der Waals surface area contributed by atoms with E-state index >= 15 is 0 Å². The number of rotatable bonds is 6. The molecule has 20 heavy (non-hydrogen) atoms. The maximum absolute atomic E-state index is 11.5. The monoisotopic (exact) mass is 279 g/mol. The number of benzene rings is 1. The summed E-state index contributed by atoms with van der Waals surface area (Å²) in [5.74, 6) is 0.0351. The van der Waals surface area contributed by atoms with Gasteiger partial charge in [-0.05, 0) is 12.1 Å². The lowest BCUT2D eigenvalue weighted by Crippen LogP contribution is -2.32. The van der Waals surface area contributed by atoms with Crippen molar-refractivity contribution in [3.63, 3.8) is 0 Å². The zero-order valence-corrected chi connectivity index (χ0v) is 11.0. The molecule has 0 radical (unpaired) electrons. The van der Waals surface area contributed by atoms with Crippen molar-refractivity contribution in [2.75, 3.05) is 38.6 Å². The Labute approximate surface area is 116 Å². The number of ether oxygens (including phenoxy) is 2. The number of nitrogens with two attached hydrogens (primary N) is 1. The minimum Gasteiger partial charge on any atom is -0.482 e. The molecular formula is C13H17N3O4. The Morgan fingerprint density at radius 1 is 1.45 bits per heavy atom. The normalized spacial score (nSPS) is 14.0. The summed E-state index contributed by atoms with van der Waals surface area (Å²) in [6.45, 7) is 1.62. The van der Waals surface area contributed by atoms with E-state index in [0.717, 1.165) is 0 Å². The van der Waals surface area contributed by atoms with Gasteiger partial charge in [-0.15, -0.1) is 0 Å². The molecule has 0 aromatic heterocycles. The summed E-state index contributed by atoms with van der Waals surface area (Å²) in [6.07, 6.45) is 0. The van der Waals surface area contributed by atoms with E-state index in [-0.39, 0.29) is 19.2 Å². The molecular weight excluding hydrogens is 262 g/mol. The topological polar surface area (TPSA) is 93.9 Å². The number of urea groups is 1. The number of carbonyl (C=O) groups excluding carboxylic acids is 2. The molecule has 0 aliphatic carbocycles. The summed E-state index contributed by atoms with van der Waals surface area (Å²) < 4.78 is 10.2. The number of nitrogen functional groups attached to an aromatic ring is 1. The minimum atomic E-state index is -0.480. The molecule has 1 heterocycles. The van der Waals surface area contributed by atoms with Crippen LogP contribution >= 0.6 is 0 Å². The molecule has 0 saturated carbocycles. The van der Waals surface area contributed by atoms with Crippen LogP contribution in [0.4, 0.5) is 10.5 Å². The fourth-order valence-corrected chi connectivity index (χ4v) is 1.78. The van der Waals surface area contributed by atoms with Crippen LogP contribution in [-0.4, -0.2) is 49.7 Å². The van der Waals surface area contributed by atoms with E-state index in [1.54, 1.807) is 29.2 Å². The first-order valence-corrected chi connectivity index (χ1v) is 6.32. The number of anilines is 1. The van der Waals surface area contributed by atoms with Crippen LogP contribution in [-0.2, 0) is 9.53 Å². The number of nitrogens with zero attached hydrogens (tertiary/aromatic N) is 1. The van der Waals surface area contributed by atoms with Crippen LogP contribution in [0.2, 0.25) is 0 Å². The fourth-order valence-electron chi connectivity index (χ4n) is 1.78. The van der Waals surface area contributed by atoms with Crippen LogP contribution in [0.25, 0.3) is 0 Å². The number of nitrogens with one attached hydrogen (secondary N) is 1. The Hall–Kier alpha value is -2.44. The van der Waals surface area contributed by atoms with Gasteiger partial charge in [-0.25, -0.2) is 9.59 Å². The second-order valence-electron chi connectivity index (χ2n) is 4.30. The smallest absolute Gasteiger partial charge is 0.344 e. The van der Waals surface area contributed by atoms with Gasteiger partial charge in [-0.1, -0.05) is 6.07 Å². The molecule has 1 saturated heterocycles. The van der Waals surface area contributed by atoms with Gasteiger partial charge in [-0.2, -0.15) is 0 Å². The van der Waals surface area contributed by atoms with Gasteiger partial charge < -0.3 is 25.4 Å². The Balaban J connectivity index is 1.64. The summed E-state index contributed by atoms with van der Waals surface area (Å²) in [5.41, 5.74) is 6.15. The van der Waals surface area contributed by atoms with Crippen LogP contribution < -0.4 is 15.8 Å². The van der Waals surface area contributed by atoms with Gasteiger partial charge in [0.2, 0.25) is 0 Å². The van der Waals surface area contributed by atoms with E-state index in [0.29, 0.717) is 31.1 Å². The average Bonchev–Trinajstić information content (AvgIpc) is 2.82. The third-order valence-electron chi connectivity index (χ3n) is 2.78. The summed E-state index contributed by atoms with van der Waals surface area (Å²) >= 11 is 0. The standard InChI is InChI=1S/C13H17N3O4/c14-10-2-1-3-11(8-10)20-9-12(17)19-7-6-16-5-4-15-13(16)18/h1-3,8H,4-7,9,14H2,(H,15,18). The number of hydrogen-bond acceptors (Lipinski definition) is 5. The largest absolute Gasteiger partial charge is 0.482 e. The number of amides is 2. The molecule has 7 heteroatoms. The maximum atomic E-state index is 11.5. The van der Waals surface area contributed by atoms with Crippen LogP contribution in [0.1, 0.15) is 0 Å². The molecule has 0 atom stereocenters. The molecule has 1 aromatic rings. The van der Waals surface area contributed by atoms with E-state index in [1.807, 2.05) is 0 Å². The van der Waals surface area contributed by atoms with Gasteiger partial charge in [0.1, 0.15) is 12.4 Å². The van der Waals surface area contributed by atoms with Crippen molar-refractivity contribution < 1.29 is 19.1 Å². The molecule has 0 unspecified atom stereocenters. The molecule has 3 N–H and O–H groups in total. The van der Waals surface area contributed by atoms with E-state index < -0.39 is 5.97 Å². The molecule has 0 bridgehead atoms. The highest BCUT2D eigenvalue weighted by atomic mass is 16.6. The Bertz CT molecular complexity index is 492. The zero-order valence-electron chi connectivity index (χ0n) is 11.0. The van der Waals surface area contributed by atoms with Gasteiger partial charge >= 0.3 is 12.0 Å². The Morgan fingerprint density at radius 2 is 2.30 bits per heavy atom. The quantitative estimate of drug-likeness (QED) is 0.573. The number of hydrogen-bond donors (Lipinski definition) is 2. The highest BCUT2D eigenvalue weighted by Crippen LogP contribution is 2.14. The van der Waals surface area contributed by atoms with Gasteiger partial charge in [0, 0.05) is 24.8 Å². The van der Waals surface area contributed by atoms with Gasteiger partial charge in [-0.3, -0.25) is 0 Å². The molecule has 1 aromatic carbocycles. The highest BCUT2D eigenvalue weighted by molar-refractivity contribution is 5.76. The van der Waals surface area contributed by atoms with E-state index in [9.17, 15) is 9.59 Å². The van der Waals surface area contributed by atoms with Crippen molar-refractivity contribution in [2.24, 2.45) is 0 Å². The van der Waals surface area contributed by atoms with Crippen molar-refractivity contribution in [1.29, 1.82) is 0 Å². The summed E-state index contributed by atoms with van der Waals surface area (Å²) in [5, 5.41) is 2.67. The van der Waals surface area contributed by atoms with E-state index in [1.165, 1.54) is 0 Å². The maximum Gasteiger partial charge on any atom is 0.344 e. The fraction of sp³-hybridized carbons (Fsp3) is 0.385. The minimum absolute atomic E-state index is 0.128.